The van der Waals surface area contributed by atoms with Crippen molar-refractivity contribution in [1.82, 2.24) is 14.8 Å². The van der Waals surface area contributed by atoms with Gasteiger partial charge in [-0.3, -0.25) is 9.48 Å². The van der Waals surface area contributed by atoms with Crippen molar-refractivity contribution < 1.29 is 19.4 Å². The van der Waals surface area contributed by atoms with Crippen molar-refractivity contribution in [3.8, 4) is 16.9 Å². The van der Waals surface area contributed by atoms with E-state index < -0.39 is 5.97 Å². The van der Waals surface area contributed by atoms with E-state index in [0.717, 1.165) is 60.9 Å². The highest BCUT2D eigenvalue weighted by molar-refractivity contribution is 6.35. The van der Waals surface area contributed by atoms with Crippen LogP contribution < -0.4 is 10.1 Å². The van der Waals surface area contributed by atoms with Gasteiger partial charge in [0, 0.05) is 40.0 Å². The van der Waals surface area contributed by atoms with E-state index in [1.165, 1.54) is 6.07 Å². The smallest absolute Gasteiger partial charge is 0.335 e. The average molecular weight is 634 g/mol. The van der Waals surface area contributed by atoms with Crippen molar-refractivity contribution in [2.75, 3.05) is 11.9 Å². The number of aromatic amines is 1. The molecule has 0 spiro atoms. The molecule has 228 valence electrons. The second kappa shape index (κ2) is 12.4. The molecule has 0 aliphatic rings. The van der Waals surface area contributed by atoms with Gasteiger partial charge in [0.25, 0.3) is 5.91 Å². The first-order chi connectivity index (χ1) is 20.9. The molecule has 0 fully saturated rings. The number of carbonyl (C=O) groups excluding carboxylic acids is 1. The minimum absolute atomic E-state index is 0.182. The van der Waals surface area contributed by atoms with Crippen LogP contribution in [0.15, 0.2) is 42.5 Å². The van der Waals surface area contributed by atoms with Crippen molar-refractivity contribution >= 4 is 51.7 Å². The van der Waals surface area contributed by atoms with Gasteiger partial charge in [-0.1, -0.05) is 29.3 Å². The Hall–Kier alpha value is -4.27. The number of halogens is 2. The number of hydrogen-bond acceptors (Lipinski definition) is 4. The molecule has 0 bridgehead atoms. The zero-order valence-corrected chi connectivity index (χ0v) is 27.0. The molecule has 44 heavy (non-hydrogen) atoms. The van der Waals surface area contributed by atoms with Gasteiger partial charge in [-0.25, -0.2) is 4.79 Å². The van der Waals surface area contributed by atoms with Gasteiger partial charge in [0.1, 0.15) is 11.4 Å². The molecule has 10 heteroatoms. The number of aromatic nitrogens is 3. The molecular formula is C34H34Cl2N4O4. The fraction of sp³-hybridized carbons (Fsp3) is 0.265. The molecule has 2 heterocycles. The van der Waals surface area contributed by atoms with Crippen LogP contribution >= 0.6 is 23.2 Å². The van der Waals surface area contributed by atoms with E-state index in [1.807, 2.05) is 63.7 Å². The number of nitrogens with zero attached hydrogens (tertiary/aromatic N) is 2. The Balaban J connectivity index is 1.53. The third kappa shape index (κ3) is 5.92. The van der Waals surface area contributed by atoms with E-state index in [0.29, 0.717) is 41.4 Å². The van der Waals surface area contributed by atoms with Crippen LogP contribution in [0, 0.1) is 34.6 Å². The predicted molar refractivity (Wildman–Crippen MR) is 176 cm³/mol. The van der Waals surface area contributed by atoms with Crippen LogP contribution in [0.25, 0.3) is 22.0 Å². The SMILES string of the molecule is Cc1cc(NC(=O)c2[nH]c3c(-c4c(C)nn(C)c4C)c(Cl)ccc3c2CCCOc2cc(C)c(Cl)c(C)c2)ccc1C(=O)O. The van der Waals surface area contributed by atoms with E-state index in [4.69, 9.17) is 27.9 Å². The lowest BCUT2D eigenvalue weighted by molar-refractivity contribution is 0.0696. The van der Waals surface area contributed by atoms with Gasteiger partial charge in [-0.2, -0.15) is 5.10 Å². The van der Waals surface area contributed by atoms with Crippen LogP contribution in [0.4, 0.5) is 5.69 Å². The van der Waals surface area contributed by atoms with Gasteiger partial charge < -0.3 is 20.1 Å². The third-order valence-corrected chi connectivity index (χ3v) is 8.89. The topological polar surface area (TPSA) is 109 Å². The van der Waals surface area contributed by atoms with Gasteiger partial charge in [0.15, 0.2) is 0 Å². The van der Waals surface area contributed by atoms with Crippen LogP contribution in [0.2, 0.25) is 10.0 Å². The highest BCUT2D eigenvalue weighted by atomic mass is 35.5. The number of ether oxygens (including phenoxy) is 1. The van der Waals surface area contributed by atoms with Crippen LogP contribution in [-0.4, -0.2) is 38.4 Å². The lowest BCUT2D eigenvalue weighted by Gasteiger charge is -2.11. The minimum Gasteiger partial charge on any atom is -0.494 e. The van der Waals surface area contributed by atoms with Crippen molar-refractivity contribution in [1.29, 1.82) is 0 Å². The first kappa shape index (κ1) is 31.2. The fourth-order valence-corrected chi connectivity index (χ4v) is 6.09. The quantitative estimate of drug-likeness (QED) is 0.141. The van der Waals surface area contributed by atoms with E-state index in [1.54, 1.807) is 19.1 Å². The van der Waals surface area contributed by atoms with Gasteiger partial charge in [0.05, 0.1) is 28.4 Å². The molecule has 5 rings (SSSR count). The number of carboxylic acids is 1. The number of amides is 1. The first-order valence-electron chi connectivity index (χ1n) is 14.3. The molecular weight excluding hydrogens is 599 g/mol. The number of aromatic carboxylic acids is 1. The molecule has 0 saturated carbocycles. The zero-order chi connectivity index (χ0) is 31.9. The third-order valence-electron chi connectivity index (χ3n) is 7.98. The Kier molecular flexibility index (Phi) is 8.77. The number of anilines is 1. The number of hydrogen-bond donors (Lipinski definition) is 3. The number of rotatable bonds is 9. The summed E-state index contributed by atoms with van der Waals surface area (Å²) in [7, 11) is 1.89. The summed E-state index contributed by atoms with van der Waals surface area (Å²) in [5.41, 5.74) is 8.61. The van der Waals surface area contributed by atoms with Crippen molar-refractivity contribution in [2.24, 2.45) is 7.05 Å². The molecule has 2 aromatic heterocycles. The summed E-state index contributed by atoms with van der Waals surface area (Å²) in [6.07, 6.45) is 1.20. The number of H-pyrrole nitrogens is 1. The van der Waals surface area contributed by atoms with Gasteiger partial charge in [-0.05, 0) is 106 Å². The normalized spacial score (nSPS) is 11.3. The summed E-state index contributed by atoms with van der Waals surface area (Å²) < 4.78 is 7.89. The molecule has 3 aromatic carbocycles. The molecule has 0 aliphatic heterocycles. The average Bonchev–Trinajstić information content (AvgIpc) is 3.45. The van der Waals surface area contributed by atoms with E-state index in [-0.39, 0.29) is 11.5 Å². The van der Waals surface area contributed by atoms with Crippen LogP contribution in [0.3, 0.4) is 0 Å². The first-order valence-corrected chi connectivity index (χ1v) is 15.0. The van der Waals surface area contributed by atoms with E-state index in [2.05, 4.69) is 15.4 Å². The second-order valence-electron chi connectivity index (χ2n) is 11.1. The number of aryl methyl sites for hydroxylation is 6. The number of benzene rings is 3. The maximum atomic E-state index is 13.8. The van der Waals surface area contributed by atoms with Crippen LogP contribution in [0.5, 0.6) is 5.75 Å². The molecule has 0 saturated heterocycles. The van der Waals surface area contributed by atoms with Crippen LogP contribution in [0.1, 0.15) is 60.9 Å². The standard InChI is InChI=1S/C34H34Cl2N4O4/c1-17-14-22(9-10-24(17)34(42)43)37-33(41)32-25(8-7-13-44-23-15-18(2)30(36)19(3)16-23)26-11-12-27(35)29(31(26)38-32)28-20(4)39-40(6)21(28)5/h9-12,14-16,38H,7-8,13H2,1-6H3,(H,37,41)(H,42,43). The molecule has 0 unspecified atom stereocenters. The summed E-state index contributed by atoms with van der Waals surface area (Å²) >= 11 is 13.1. The number of carboxylic acid groups (broad SMARTS) is 1. The molecule has 0 aliphatic carbocycles. The van der Waals surface area contributed by atoms with Crippen LogP contribution in [-0.2, 0) is 13.5 Å². The molecule has 5 aromatic rings. The van der Waals surface area contributed by atoms with E-state index in [9.17, 15) is 14.7 Å². The van der Waals surface area contributed by atoms with Crippen molar-refractivity contribution in [3.05, 3.63) is 97.4 Å². The Morgan fingerprint density at radius 3 is 2.30 bits per heavy atom. The fourth-order valence-electron chi connectivity index (χ4n) is 5.73. The maximum Gasteiger partial charge on any atom is 0.335 e. The Morgan fingerprint density at radius 2 is 1.68 bits per heavy atom. The molecule has 1 amide bonds. The summed E-state index contributed by atoms with van der Waals surface area (Å²) in [6.45, 7) is 9.96. The summed E-state index contributed by atoms with van der Waals surface area (Å²) in [6, 6.07) is 12.4. The lowest BCUT2D eigenvalue weighted by Crippen LogP contribution is -2.15. The minimum atomic E-state index is -1.02. The molecule has 8 nitrogen and oxygen atoms in total. The maximum absolute atomic E-state index is 13.8. The molecule has 0 atom stereocenters. The van der Waals surface area contributed by atoms with Crippen molar-refractivity contribution in [2.45, 2.75) is 47.5 Å². The summed E-state index contributed by atoms with van der Waals surface area (Å²) in [4.78, 5) is 28.7. The van der Waals surface area contributed by atoms with Crippen molar-refractivity contribution in [3.63, 3.8) is 0 Å². The highest BCUT2D eigenvalue weighted by Crippen LogP contribution is 2.40. The summed E-state index contributed by atoms with van der Waals surface area (Å²) in [5, 5.41) is 19.1. The predicted octanol–water partition coefficient (Wildman–Crippen LogP) is 8.38. The van der Waals surface area contributed by atoms with Gasteiger partial charge in [-0.15, -0.1) is 0 Å². The van der Waals surface area contributed by atoms with Gasteiger partial charge in [0.2, 0.25) is 0 Å². The lowest BCUT2D eigenvalue weighted by atomic mass is 9.98. The van der Waals surface area contributed by atoms with Gasteiger partial charge >= 0.3 is 5.97 Å². The number of fused-ring (bicyclic) bond motifs is 1. The monoisotopic (exact) mass is 632 g/mol. The second-order valence-corrected chi connectivity index (χ2v) is 11.9. The Bertz CT molecular complexity index is 1920. The zero-order valence-electron chi connectivity index (χ0n) is 25.5. The number of nitrogens with one attached hydrogen (secondary N) is 2. The summed E-state index contributed by atoms with van der Waals surface area (Å²) in [5.74, 6) is -0.613. The number of carbonyl (C=O) groups is 2. The van der Waals surface area contributed by atoms with E-state index >= 15 is 0 Å². The largest absolute Gasteiger partial charge is 0.494 e. The Morgan fingerprint density at radius 1 is 0.977 bits per heavy atom. The Labute approximate surface area is 266 Å². The molecule has 3 N–H and O–H groups in total. The molecule has 0 radical (unpaired) electrons. The highest BCUT2D eigenvalue weighted by Gasteiger charge is 2.24.